The first-order valence-corrected chi connectivity index (χ1v) is 10.4. The molecule has 0 saturated carbocycles. The first-order chi connectivity index (χ1) is 14.1. The molecular formula is C20H23N7OS. The standard InChI is InChI=1S/C20H23N7OS/c1-14-13-29-20(24-14)25-19-18(21-9-10-22-19)15-4-3-11-27(12-15)17(28)6-5-16-7-8-23-26(16)2/h5-10,13,15H,3-4,11-12H2,1-2H3,(H,22,24,25)/b6-5+/t15-/m0/s1. The van der Waals surface area contributed by atoms with Crippen LogP contribution in [-0.2, 0) is 11.8 Å². The first-order valence-electron chi connectivity index (χ1n) is 9.55. The predicted molar refractivity (Wildman–Crippen MR) is 113 cm³/mol. The maximum absolute atomic E-state index is 12.7. The summed E-state index contributed by atoms with van der Waals surface area (Å²) in [6.07, 6.45) is 10.4. The molecule has 1 atom stereocenters. The maximum Gasteiger partial charge on any atom is 0.246 e. The molecule has 29 heavy (non-hydrogen) atoms. The van der Waals surface area contributed by atoms with Crippen LogP contribution in [0.4, 0.5) is 10.9 Å². The summed E-state index contributed by atoms with van der Waals surface area (Å²) < 4.78 is 1.74. The lowest BCUT2D eigenvalue weighted by Crippen LogP contribution is -2.38. The molecule has 9 heteroatoms. The predicted octanol–water partition coefficient (Wildman–Crippen LogP) is 3.14. The van der Waals surface area contributed by atoms with E-state index in [0.717, 1.165) is 41.6 Å². The molecule has 3 aromatic rings. The molecule has 4 rings (SSSR count). The molecule has 1 fully saturated rings. The summed E-state index contributed by atoms with van der Waals surface area (Å²) in [6, 6.07) is 1.88. The van der Waals surface area contributed by atoms with E-state index < -0.39 is 0 Å². The van der Waals surface area contributed by atoms with E-state index in [1.165, 1.54) is 0 Å². The minimum atomic E-state index is 0.00449. The third-order valence-corrected chi connectivity index (χ3v) is 5.82. The number of hydrogen-bond acceptors (Lipinski definition) is 7. The van der Waals surface area contributed by atoms with Crippen molar-refractivity contribution in [3.05, 3.63) is 53.2 Å². The van der Waals surface area contributed by atoms with Gasteiger partial charge < -0.3 is 10.2 Å². The van der Waals surface area contributed by atoms with Crippen molar-refractivity contribution in [2.24, 2.45) is 7.05 Å². The quantitative estimate of drug-likeness (QED) is 0.651. The molecular weight excluding hydrogens is 386 g/mol. The van der Waals surface area contributed by atoms with Gasteiger partial charge in [0.1, 0.15) is 0 Å². The molecule has 0 aromatic carbocycles. The Kier molecular flexibility index (Phi) is 5.66. The van der Waals surface area contributed by atoms with Crippen LogP contribution in [0.15, 0.2) is 36.1 Å². The number of likely N-dealkylation sites (tertiary alicyclic amines) is 1. The number of thiazole rings is 1. The Bertz CT molecular complexity index is 1030. The number of anilines is 2. The Morgan fingerprint density at radius 2 is 2.17 bits per heavy atom. The molecule has 1 amide bonds. The fourth-order valence-corrected chi connectivity index (χ4v) is 4.15. The molecule has 0 bridgehead atoms. The minimum absolute atomic E-state index is 0.00449. The van der Waals surface area contributed by atoms with Gasteiger partial charge in [-0.15, -0.1) is 11.3 Å². The van der Waals surface area contributed by atoms with Crippen LogP contribution in [0.25, 0.3) is 6.08 Å². The second-order valence-corrected chi connectivity index (χ2v) is 7.90. The highest BCUT2D eigenvalue weighted by Crippen LogP contribution is 2.31. The number of amides is 1. The molecule has 8 nitrogen and oxygen atoms in total. The average molecular weight is 410 g/mol. The fraction of sp³-hybridized carbons (Fsp3) is 0.350. The molecule has 0 aliphatic carbocycles. The average Bonchev–Trinajstić information content (AvgIpc) is 3.34. The lowest BCUT2D eigenvalue weighted by molar-refractivity contribution is -0.127. The number of nitrogens with zero attached hydrogens (tertiary/aromatic N) is 6. The zero-order valence-electron chi connectivity index (χ0n) is 16.4. The van der Waals surface area contributed by atoms with Gasteiger partial charge in [-0.3, -0.25) is 14.5 Å². The second-order valence-electron chi connectivity index (χ2n) is 7.05. The van der Waals surface area contributed by atoms with E-state index >= 15 is 0 Å². The summed E-state index contributed by atoms with van der Waals surface area (Å²) in [4.78, 5) is 28.1. The van der Waals surface area contributed by atoms with Crippen LogP contribution in [0.5, 0.6) is 0 Å². The first kappa shape index (κ1) is 19.3. The van der Waals surface area contributed by atoms with Crippen molar-refractivity contribution in [1.29, 1.82) is 0 Å². The van der Waals surface area contributed by atoms with Crippen molar-refractivity contribution in [3.8, 4) is 0 Å². The number of carbonyl (C=O) groups excluding carboxylic acids is 1. The summed E-state index contributed by atoms with van der Waals surface area (Å²) in [5, 5.41) is 10.2. The molecule has 1 aliphatic heterocycles. The van der Waals surface area contributed by atoms with Gasteiger partial charge in [0.05, 0.1) is 17.1 Å². The van der Waals surface area contributed by atoms with Crippen molar-refractivity contribution in [2.75, 3.05) is 18.4 Å². The van der Waals surface area contributed by atoms with Gasteiger partial charge in [-0.25, -0.2) is 9.97 Å². The van der Waals surface area contributed by atoms with E-state index in [9.17, 15) is 4.79 Å². The number of carbonyl (C=O) groups is 1. The van der Waals surface area contributed by atoms with E-state index in [2.05, 4.69) is 25.4 Å². The molecule has 0 spiro atoms. The van der Waals surface area contributed by atoms with Crippen molar-refractivity contribution >= 4 is 34.3 Å². The SMILES string of the molecule is Cc1csc(Nc2nccnc2[C@H]2CCCN(C(=O)/C=C/c3ccnn3C)C2)n1. The highest BCUT2D eigenvalue weighted by Gasteiger charge is 2.27. The number of rotatable bonds is 5. The van der Waals surface area contributed by atoms with Gasteiger partial charge in [0, 0.05) is 56.1 Å². The number of piperidine rings is 1. The Morgan fingerprint density at radius 1 is 1.31 bits per heavy atom. The third-order valence-electron chi connectivity index (χ3n) is 4.95. The smallest absolute Gasteiger partial charge is 0.246 e. The van der Waals surface area contributed by atoms with Gasteiger partial charge in [-0.2, -0.15) is 5.10 Å². The minimum Gasteiger partial charge on any atom is -0.338 e. The van der Waals surface area contributed by atoms with E-state index in [1.807, 2.05) is 30.3 Å². The van der Waals surface area contributed by atoms with Crippen LogP contribution in [0.1, 0.15) is 35.8 Å². The highest BCUT2D eigenvalue weighted by molar-refractivity contribution is 7.13. The van der Waals surface area contributed by atoms with Crippen molar-refractivity contribution in [1.82, 2.24) is 29.6 Å². The zero-order valence-corrected chi connectivity index (χ0v) is 17.3. The summed E-state index contributed by atoms with van der Waals surface area (Å²) in [5.41, 5.74) is 2.75. The maximum atomic E-state index is 12.7. The van der Waals surface area contributed by atoms with E-state index in [4.69, 9.17) is 0 Å². The van der Waals surface area contributed by atoms with Crippen LogP contribution in [-0.4, -0.2) is 48.6 Å². The monoisotopic (exact) mass is 409 g/mol. The number of nitrogens with one attached hydrogen (secondary N) is 1. The van der Waals surface area contributed by atoms with Crippen LogP contribution in [0.2, 0.25) is 0 Å². The van der Waals surface area contributed by atoms with Gasteiger partial charge in [0.25, 0.3) is 0 Å². The van der Waals surface area contributed by atoms with Crippen LogP contribution < -0.4 is 5.32 Å². The van der Waals surface area contributed by atoms with Gasteiger partial charge in [-0.1, -0.05) is 0 Å². The Balaban J connectivity index is 1.48. The molecule has 1 N–H and O–H groups in total. The van der Waals surface area contributed by atoms with Crippen LogP contribution in [0, 0.1) is 6.92 Å². The van der Waals surface area contributed by atoms with E-state index in [-0.39, 0.29) is 11.8 Å². The normalized spacial score (nSPS) is 17.0. The molecule has 0 radical (unpaired) electrons. The molecule has 1 saturated heterocycles. The lowest BCUT2D eigenvalue weighted by Gasteiger charge is -2.32. The van der Waals surface area contributed by atoms with Crippen LogP contribution >= 0.6 is 11.3 Å². The third kappa shape index (κ3) is 4.51. The van der Waals surface area contributed by atoms with Crippen molar-refractivity contribution in [3.63, 3.8) is 0 Å². The molecule has 150 valence electrons. The lowest BCUT2D eigenvalue weighted by atomic mass is 9.94. The van der Waals surface area contributed by atoms with Crippen molar-refractivity contribution < 1.29 is 4.79 Å². The van der Waals surface area contributed by atoms with Gasteiger partial charge in [-0.05, 0) is 31.9 Å². The Morgan fingerprint density at radius 3 is 2.93 bits per heavy atom. The van der Waals surface area contributed by atoms with Gasteiger partial charge in [0.2, 0.25) is 5.91 Å². The molecule has 3 aromatic heterocycles. The molecule has 0 unspecified atom stereocenters. The van der Waals surface area contributed by atoms with Gasteiger partial charge >= 0.3 is 0 Å². The van der Waals surface area contributed by atoms with Gasteiger partial charge in [0.15, 0.2) is 10.9 Å². The number of hydrogen-bond donors (Lipinski definition) is 1. The van der Waals surface area contributed by atoms with Crippen molar-refractivity contribution in [2.45, 2.75) is 25.7 Å². The zero-order chi connectivity index (χ0) is 20.2. The summed E-state index contributed by atoms with van der Waals surface area (Å²) >= 11 is 1.54. The number of aromatic nitrogens is 5. The summed E-state index contributed by atoms with van der Waals surface area (Å²) in [5.74, 6) is 0.853. The Hall–Kier alpha value is -3.07. The topological polar surface area (TPSA) is 88.8 Å². The second kappa shape index (κ2) is 8.52. The highest BCUT2D eigenvalue weighted by atomic mass is 32.1. The largest absolute Gasteiger partial charge is 0.338 e. The molecule has 1 aliphatic rings. The van der Waals surface area contributed by atoms with E-state index in [1.54, 1.807) is 46.8 Å². The number of aryl methyl sites for hydroxylation is 2. The summed E-state index contributed by atoms with van der Waals surface area (Å²) in [7, 11) is 1.85. The van der Waals surface area contributed by atoms with E-state index in [0.29, 0.717) is 12.4 Å². The fourth-order valence-electron chi connectivity index (χ4n) is 3.47. The van der Waals surface area contributed by atoms with Crippen LogP contribution in [0.3, 0.4) is 0 Å². The Labute approximate surface area is 173 Å². The molecule has 4 heterocycles. The summed E-state index contributed by atoms with van der Waals surface area (Å²) in [6.45, 7) is 3.33.